The van der Waals surface area contributed by atoms with Gasteiger partial charge in [-0.3, -0.25) is 43.2 Å². The van der Waals surface area contributed by atoms with Crippen molar-refractivity contribution in [3.05, 3.63) is 0 Å². The molecular weight excluding hydrogens is 760 g/mol. The van der Waals surface area contributed by atoms with Crippen LogP contribution in [-0.2, 0) is 95.3 Å². The van der Waals surface area contributed by atoms with Crippen molar-refractivity contribution in [2.45, 2.75) is 122 Å². The van der Waals surface area contributed by atoms with Gasteiger partial charge in [0.25, 0.3) is 0 Å². The molecule has 0 radical (unpaired) electrons. The third-order valence-electron chi connectivity index (χ3n) is 6.16. The van der Waals surface area contributed by atoms with Crippen molar-refractivity contribution in [2.24, 2.45) is 0 Å². The minimum atomic E-state index is -1.48. The molecule has 2 saturated heterocycles. The second kappa shape index (κ2) is 21.1. The third-order valence-corrected chi connectivity index (χ3v) is 6.90. The van der Waals surface area contributed by atoms with Crippen LogP contribution in [0.25, 0.3) is 0 Å². The Balaban J connectivity index is 0.000000514. The minimum Gasteiger partial charge on any atom is -0.463 e. The van der Waals surface area contributed by atoms with Crippen molar-refractivity contribution in [3.8, 4) is 0 Å². The minimum absolute atomic E-state index is 0.236. The van der Waals surface area contributed by atoms with E-state index in [0.29, 0.717) is 0 Å². The molecule has 10 atom stereocenters. The van der Waals surface area contributed by atoms with Gasteiger partial charge in [0.2, 0.25) is 12.4 Å². The zero-order chi connectivity index (χ0) is 39.2. The van der Waals surface area contributed by atoms with Crippen LogP contribution in [0.5, 0.6) is 0 Å². The van der Waals surface area contributed by atoms with Gasteiger partial charge in [-0.05, 0) is 0 Å². The number of carbonyl (C=O) groups is 9. The van der Waals surface area contributed by atoms with Crippen LogP contribution in [0, 0.1) is 0 Å². The molecule has 2 aliphatic heterocycles. The molecule has 21 heteroatoms. The van der Waals surface area contributed by atoms with Crippen molar-refractivity contribution in [3.63, 3.8) is 0 Å². The molecule has 0 aliphatic carbocycles. The lowest BCUT2D eigenvalue weighted by Crippen LogP contribution is -2.63. The Morgan fingerprint density at radius 1 is 0.392 bits per heavy atom. The highest BCUT2D eigenvalue weighted by atomic mass is 79.9. The topological polar surface area (TPSA) is 255 Å². The van der Waals surface area contributed by atoms with Gasteiger partial charge in [-0.2, -0.15) is 0 Å². The van der Waals surface area contributed by atoms with Gasteiger partial charge < -0.3 is 52.1 Å². The number of carbonyl (C=O) groups excluding carboxylic acids is 9. The Kier molecular flexibility index (Phi) is 18.5. The third kappa shape index (κ3) is 16.0. The first kappa shape index (κ1) is 44.7. The molecule has 288 valence electrons. The molecular formula is C30H41BrO20. The van der Waals surface area contributed by atoms with Gasteiger partial charge in [0.1, 0.15) is 25.4 Å². The van der Waals surface area contributed by atoms with Crippen LogP contribution in [0.4, 0.5) is 0 Å². The standard InChI is InChI=1S/C16H22O11.C14H19BrO9/c1-7(17)22-6-12-13(23-8(2)18)14(24-9(3)19)15(25-10(4)20)16(27-12)26-11(5)21;1-6(16)20-5-10-11(21-7(2)17)12(22-8(3)18)13(14(15)24-10)23-9(4)19/h12-16H,6H2,1-5H3;10-14H,5H2,1-4H3/t12-,13-,14+,15-,16-;10-,11-,12+,13-,14+/m11/s1. The Morgan fingerprint density at radius 3 is 1.04 bits per heavy atom. The SMILES string of the molecule is CC(=O)OC[C@H]1O[C@@H](OC(C)=O)[C@H](OC(C)=O)[C@@H](OC(C)=O)[C@@H]1OC(C)=O.CC(=O)OC[C@H]1O[C@H](Br)[C@H](OC(C)=O)[C@@H](OC(C)=O)[C@@H]1OC(C)=O. The van der Waals surface area contributed by atoms with E-state index in [1.165, 1.54) is 13.8 Å². The average molecular weight is 802 g/mol. The van der Waals surface area contributed by atoms with Gasteiger partial charge in [0.05, 0.1) is 0 Å². The van der Waals surface area contributed by atoms with Crippen LogP contribution < -0.4 is 0 Å². The second-order valence-electron chi connectivity index (χ2n) is 10.7. The van der Waals surface area contributed by atoms with Gasteiger partial charge >= 0.3 is 53.7 Å². The molecule has 0 amide bonds. The lowest BCUT2D eigenvalue weighted by Gasteiger charge is -2.43. The summed E-state index contributed by atoms with van der Waals surface area (Å²) in [6, 6.07) is 0. The van der Waals surface area contributed by atoms with E-state index in [1.807, 2.05) is 0 Å². The van der Waals surface area contributed by atoms with Crippen LogP contribution >= 0.6 is 15.9 Å². The highest BCUT2D eigenvalue weighted by Crippen LogP contribution is 2.32. The number of hydrogen-bond acceptors (Lipinski definition) is 20. The Bertz CT molecular complexity index is 1300. The van der Waals surface area contributed by atoms with Crippen LogP contribution in [0.1, 0.15) is 62.3 Å². The maximum Gasteiger partial charge on any atom is 0.305 e. The molecule has 0 unspecified atom stereocenters. The highest BCUT2D eigenvalue weighted by molar-refractivity contribution is 9.09. The van der Waals surface area contributed by atoms with E-state index in [9.17, 15) is 43.2 Å². The van der Waals surface area contributed by atoms with Crippen LogP contribution in [0.2, 0.25) is 0 Å². The molecule has 2 rings (SSSR count). The normalized spacial score (nSPS) is 28.1. The Hall–Kier alpha value is -4.37. The maximum absolute atomic E-state index is 11.5. The zero-order valence-corrected chi connectivity index (χ0v) is 30.8. The molecule has 0 bridgehead atoms. The summed E-state index contributed by atoms with van der Waals surface area (Å²) >= 11 is 3.18. The summed E-state index contributed by atoms with van der Waals surface area (Å²) in [7, 11) is 0. The summed E-state index contributed by atoms with van der Waals surface area (Å²) in [4.78, 5) is 102. The van der Waals surface area contributed by atoms with Gasteiger partial charge in [0.15, 0.2) is 35.5 Å². The molecule has 0 saturated carbocycles. The van der Waals surface area contributed by atoms with E-state index in [-0.39, 0.29) is 6.61 Å². The van der Waals surface area contributed by atoms with Crippen LogP contribution in [0.15, 0.2) is 0 Å². The molecule has 0 spiro atoms. The molecule has 0 N–H and O–H groups in total. The first-order valence-corrected chi connectivity index (χ1v) is 16.0. The quantitative estimate of drug-likeness (QED) is 0.152. The predicted octanol–water partition coefficient (Wildman–Crippen LogP) is 0.0970. The Labute approximate surface area is 300 Å². The van der Waals surface area contributed by atoms with Crippen molar-refractivity contribution >= 4 is 69.7 Å². The molecule has 2 aliphatic rings. The smallest absolute Gasteiger partial charge is 0.305 e. The molecule has 51 heavy (non-hydrogen) atoms. The first-order valence-electron chi connectivity index (χ1n) is 15.0. The monoisotopic (exact) mass is 800 g/mol. The summed E-state index contributed by atoms with van der Waals surface area (Å²) in [6.07, 6.45) is -10.9. The number of halogens is 1. The summed E-state index contributed by atoms with van der Waals surface area (Å²) in [5.74, 6) is -6.23. The summed E-state index contributed by atoms with van der Waals surface area (Å²) in [5, 5.41) is -0.863. The Morgan fingerprint density at radius 2 is 0.686 bits per heavy atom. The van der Waals surface area contributed by atoms with Gasteiger partial charge in [0, 0.05) is 62.3 Å². The fourth-order valence-electron chi connectivity index (χ4n) is 4.62. The van der Waals surface area contributed by atoms with E-state index in [2.05, 4.69) is 15.9 Å². The summed E-state index contributed by atoms with van der Waals surface area (Å²) in [6.45, 7) is 9.60. The predicted molar refractivity (Wildman–Crippen MR) is 165 cm³/mol. The average Bonchev–Trinajstić information content (AvgIpc) is 2.96. The summed E-state index contributed by atoms with van der Waals surface area (Å²) < 4.78 is 56.7. The van der Waals surface area contributed by atoms with Crippen LogP contribution in [0.3, 0.4) is 0 Å². The highest BCUT2D eigenvalue weighted by Gasteiger charge is 2.54. The first-order chi connectivity index (χ1) is 23.6. The molecule has 0 aromatic rings. The van der Waals surface area contributed by atoms with Crippen molar-refractivity contribution in [1.29, 1.82) is 0 Å². The molecule has 2 heterocycles. The van der Waals surface area contributed by atoms with Crippen molar-refractivity contribution in [2.75, 3.05) is 13.2 Å². The fraction of sp³-hybridized carbons (Fsp3) is 0.700. The molecule has 2 fully saturated rings. The van der Waals surface area contributed by atoms with E-state index in [0.717, 1.165) is 48.5 Å². The van der Waals surface area contributed by atoms with Gasteiger partial charge in [-0.25, -0.2) is 0 Å². The van der Waals surface area contributed by atoms with E-state index >= 15 is 0 Å². The lowest BCUT2D eigenvalue weighted by molar-refractivity contribution is -0.300. The number of alkyl halides is 1. The number of esters is 9. The van der Waals surface area contributed by atoms with Gasteiger partial charge in [-0.1, -0.05) is 15.9 Å². The summed E-state index contributed by atoms with van der Waals surface area (Å²) in [5.41, 5.74) is 0. The van der Waals surface area contributed by atoms with Crippen molar-refractivity contribution < 1.29 is 95.3 Å². The van der Waals surface area contributed by atoms with E-state index in [4.69, 9.17) is 52.1 Å². The van der Waals surface area contributed by atoms with Crippen molar-refractivity contribution in [1.82, 2.24) is 0 Å². The molecule has 20 nitrogen and oxygen atoms in total. The molecule has 0 aromatic carbocycles. The van der Waals surface area contributed by atoms with Gasteiger partial charge in [-0.15, -0.1) is 0 Å². The molecule has 0 aromatic heterocycles. The van der Waals surface area contributed by atoms with E-state index in [1.54, 1.807) is 0 Å². The fourth-order valence-corrected chi connectivity index (χ4v) is 5.31. The van der Waals surface area contributed by atoms with Crippen LogP contribution in [-0.4, -0.2) is 127 Å². The van der Waals surface area contributed by atoms with E-state index < -0.39 is 120 Å². The maximum atomic E-state index is 11.5. The zero-order valence-electron chi connectivity index (χ0n) is 29.2. The lowest BCUT2D eigenvalue weighted by atomic mass is 9.98. The largest absolute Gasteiger partial charge is 0.463 e. The number of ether oxygens (including phenoxy) is 11. The number of hydrogen-bond donors (Lipinski definition) is 0. The number of rotatable bonds is 11. The second-order valence-corrected chi connectivity index (χ2v) is 11.6.